The second kappa shape index (κ2) is 18.3. The molecule has 8 aromatic carbocycles. The smallest absolute Gasteiger partial charge is 0.0561 e. The van der Waals surface area contributed by atoms with E-state index in [0.717, 1.165) is 61.3 Å². The molecule has 2 unspecified atom stereocenters. The van der Waals surface area contributed by atoms with Gasteiger partial charge in [-0.3, -0.25) is 0 Å². The fourth-order valence-electron chi connectivity index (χ4n) is 10.8. The summed E-state index contributed by atoms with van der Waals surface area (Å²) in [5.74, 6) is 0. The highest BCUT2D eigenvalue weighted by atomic mass is 15.2. The fourth-order valence-corrected chi connectivity index (χ4v) is 10.8. The summed E-state index contributed by atoms with van der Waals surface area (Å²) in [6.07, 6.45) is 36.2. The van der Waals surface area contributed by atoms with Gasteiger partial charge in [0.05, 0.1) is 12.1 Å². The van der Waals surface area contributed by atoms with Crippen LogP contribution in [0.25, 0.3) is 32.3 Å². The third-order valence-electron chi connectivity index (χ3n) is 13.9. The lowest BCUT2D eigenvalue weighted by atomic mass is 9.92. The minimum Gasteiger partial charge on any atom is -0.334 e. The minimum atomic E-state index is 0.190. The first-order valence-corrected chi connectivity index (χ1v) is 24.4. The van der Waals surface area contributed by atoms with Gasteiger partial charge in [0.25, 0.3) is 0 Å². The van der Waals surface area contributed by atoms with Gasteiger partial charge in [-0.25, -0.2) is 0 Å². The van der Waals surface area contributed by atoms with E-state index < -0.39 is 0 Å². The van der Waals surface area contributed by atoms with Crippen LogP contribution in [0.2, 0.25) is 0 Å². The van der Waals surface area contributed by atoms with Gasteiger partial charge >= 0.3 is 0 Å². The van der Waals surface area contributed by atoms with Crippen LogP contribution in [0.1, 0.15) is 38.5 Å². The number of hydrogen-bond donors (Lipinski definition) is 0. The van der Waals surface area contributed by atoms with Gasteiger partial charge < -0.3 is 19.6 Å². The van der Waals surface area contributed by atoms with E-state index in [9.17, 15) is 0 Å². The monoisotopic (exact) mass is 878 g/mol. The number of benzene rings is 8. The number of nitrogens with zero attached hydrogens (tertiary/aromatic N) is 4. The molecule has 0 saturated heterocycles. The Morgan fingerprint density at radius 2 is 0.794 bits per heavy atom. The Kier molecular flexibility index (Phi) is 11.1. The zero-order chi connectivity index (χ0) is 45.2. The molecule has 0 aromatic heterocycles. The van der Waals surface area contributed by atoms with Crippen LogP contribution in [0.15, 0.2) is 260 Å². The Balaban J connectivity index is 0.898. The van der Waals surface area contributed by atoms with Gasteiger partial charge in [-0.2, -0.15) is 0 Å². The molecular formula is C64H54N4. The van der Waals surface area contributed by atoms with Crippen LogP contribution in [0.4, 0.5) is 39.8 Å². The zero-order valence-corrected chi connectivity index (χ0v) is 38.3. The first-order valence-electron chi connectivity index (χ1n) is 24.4. The van der Waals surface area contributed by atoms with Gasteiger partial charge in [0, 0.05) is 56.9 Å². The number of anilines is 7. The first-order chi connectivity index (χ1) is 33.7. The molecule has 0 radical (unpaired) electrons. The van der Waals surface area contributed by atoms with Gasteiger partial charge in [-0.15, -0.1) is 0 Å². The molecule has 12 rings (SSSR count). The van der Waals surface area contributed by atoms with Gasteiger partial charge in [0.1, 0.15) is 0 Å². The maximum atomic E-state index is 2.56. The summed E-state index contributed by atoms with van der Waals surface area (Å²) in [6, 6.07) is 60.8. The molecule has 0 bridgehead atoms. The Morgan fingerprint density at radius 1 is 0.324 bits per heavy atom. The molecule has 68 heavy (non-hydrogen) atoms. The summed E-state index contributed by atoms with van der Waals surface area (Å²) < 4.78 is 0. The van der Waals surface area contributed by atoms with Gasteiger partial charge in [0.2, 0.25) is 0 Å². The van der Waals surface area contributed by atoms with Crippen LogP contribution in [-0.2, 0) is 0 Å². The Hall–Kier alpha value is -8.08. The highest BCUT2D eigenvalue weighted by molar-refractivity contribution is 6.24. The van der Waals surface area contributed by atoms with E-state index >= 15 is 0 Å². The Labute approximate surface area is 400 Å². The van der Waals surface area contributed by atoms with Crippen molar-refractivity contribution >= 4 is 72.1 Å². The lowest BCUT2D eigenvalue weighted by Crippen LogP contribution is -2.36. The highest BCUT2D eigenvalue weighted by Gasteiger charge is 2.27. The predicted molar refractivity (Wildman–Crippen MR) is 290 cm³/mol. The topological polar surface area (TPSA) is 13.0 Å². The van der Waals surface area contributed by atoms with Crippen molar-refractivity contribution in [2.45, 2.75) is 50.6 Å². The molecule has 0 amide bonds. The van der Waals surface area contributed by atoms with E-state index in [-0.39, 0.29) is 12.1 Å². The van der Waals surface area contributed by atoms with Crippen molar-refractivity contribution in [1.29, 1.82) is 0 Å². The molecule has 4 aliphatic rings. The maximum absolute atomic E-state index is 2.56. The second-order valence-electron chi connectivity index (χ2n) is 18.2. The van der Waals surface area contributed by atoms with Gasteiger partial charge in [-0.1, -0.05) is 140 Å². The van der Waals surface area contributed by atoms with Crippen molar-refractivity contribution in [3.63, 3.8) is 0 Å². The van der Waals surface area contributed by atoms with Crippen LogP contribution >= 0.6 is 0 Å². The molecule has 0 N–H and O–H groups in total. The fraction of sp³-hybridized carbons (Fsp3) is 0.125. The van der Waals surface area contributed by atoms with E-state index in [1.54, 1.807) is 0 Å². The largest absolute Gasteiger partial charge is 0.334 e. The Morgan fingerprint density at radius 3 is 1.25 bits per heavy atom. The van der Waals surface area contributed by atoms with Crippen molar-refractivity contribution in [2.75, 3.05) is 19.6 Å². The van der Waals surface area contributed by atoms with Gasteiger partial charge in [-0.05, 0) is 174 Å². The number of rotatable bonds is 12. The van der Waals surface area contributed by atoms with Crippen molar-refractivity contribution < 1.29 is 0 Å². The SMILES string of the molecule is C1=CCC(N(C2=CCC(N(c3ccccc3)c3ccccc3)C=C2)c2cc3ccc4cc(N(C5=CCCC=C5)c5ccc(N(C6=CCCC=C6)c6ccccc6)cc5)cc5ccc(c2)c3c45)C=C1. The van der Waals surface area contributed by atoms with Crippen molar-refractivity contribution in [2.24, 2.45) is 0 Å². The van der Waals surface area contributed by atoms with Crippen LogP contribution < -0.4 is 19.6 Å². The lowest BCUT2D eigenvalue weighted by molar-refractivity contribution is 0.733. The van der Waals surface area contributed by atoms with E-state index in [1.165, 1.54) is 66.5 Å². The molecule has 0 spiro atoms. The molecule has 0 fully saturated rings. The lowest BCUT2D eigenvalue weighted by Gasteiger charge is -2.37. The van der Waals surface area contributed by atoms with Crippen LogP contribution in [0.3, 0.4) is 0 Å². The Bertz CT molecular complexity index is 3250. The minimum absolute atomic E-state index is 0.190. The summed E-state index contributed by atoms with van der Waals surface area (Å²) in [6.45, 7) is 0. The molecule has 8 aromatic rings. The van der Waals surface area contributed by atoms with Crippen LogP contribution in [0, 0.1) is 0 Å². The maximum Gasteiger partial charge on any atom is 0.0561 e. The molecule has 4 nitrogen and oxygen atoms in total. The average Bonchev–Trinajstić information content (AvgIpc) is 3.41. The second-order valence-corrected chi connectivity index (χ2v) is 18.2. The van der Waals surface area contributed by atoms with Crippen molar-refractivity contribution in [1.82, 2.24) is 0 Å². The average molecular weight is 879 g/mol. The summed E-state index contributed by atoms with van der Waals surface area (Å²) in [4.78, 5) is 9.83. The van der Waals surface area contributed by atoms with E-state index in [1.807, 2.05) is 0 Å². The zero-order valence-electron chi connectivity index (χ0n) is 38.3. The van der Waals surface area contributed by atoms with Crippen LogP contribution in [0.5, 0.6) is 0 Å². The van der Waals surface area contributed by atoms with Crippen molar-refractivity contribution in [3.8, 4) is 0 Å². The predicted octanol–water partition coefficient (Wildman–Crippen LogP) is 17.1. The highest BCUT2D eigenvalue weighted by Crippen LogP contribution is 2.44. The normalized spacial score (nSPS) is 17.6. The summed E-state index contributed by atoms with van der Waals surface area (Å²) in [5, 5.41) is 7.66. The number of para-hydroxylation sites is 3. The van der Waals surface area contributed by atoms with Crippen molar-refractivity contribution in [3.05, 3.63) is 260 Å². The molecule has 4 heteroatoms. The summed E-state index contributed by atoms with van der Waals surface area (Å²) >= 11 is 0. The van der Waals surface area contributed by atoms with E-state index in [0.29, 0.717) is 0 Å². The molecule has 0 saturated carbocycles. The van der Waals surface area contributed by atoms with Crippen LogP contribution in [-0.4, -0.2) is 12.1 Å². The summed E-state index contributed by atoms with van der Waals surface area (Å²) in [7, 11) is 0. The van der Waals surface area contributed by atoms with E-state index in [4.69, 9.17) is 0 Å². The molecule has 2 atom stereocenters. The molecule has 0 aliphatic heterocycles. The molecule has 330 valence electrons. The standard InChI is InChI=1S/C64H54N4/c1-7-19-51(20-8-1)65(52-21-9-2-10-22-52)57-35-39-59(40-36-57)67(55-27-15-5-16-28-55)61-43-47-31-33-49-45-62(46-50-34-32-48(44-61)63(47)64(49)50)68(56-29-17-6-18-30-56)60-41-37-58(38-42-60)66(53-23-11-3-12-24-53)54-25-13-4-14-26-54/h1-3,5,7-13,15-17,19-27,29-35,37-46,55,57H,4,6,14,18,28,36H2. The molecular weight excluding hydrogens is 825 g/mol. The van der Waals surface area contributed by atoms with Gasteiger partial charge in [0.15, 0.2) is 0 Å². The third kappa shape index (κ3) is 7.92. The number of allylic oxidation sites excluding steroid dienone is 9. The first kappa shape index (κ1) is 41.4. The number of hydrogen-bond acceptors (Lipinski definition) is 4. The molecule has 0 heterocycles. The quantitative estimate of drug-likeness (QED) is 0.113. The van der Waals surface area contributed by atoms with E-state index in [2.05, 4.69) is 262 Å². The summed E-state index contributed by atoms with van der Waals surface area (Å²) in [5.41, 5.74) is 11.9. The molecule has 4 aliphatic carbocycles. The third-order valence-corrected chi connectivity index (χ3v) is 13.9.